The van der Waals surface area contributed by atoms with Crippen molar-refractivity contribution in [2.24, 2.45) is 0 Å². The van der Waals surface area contributed by atoms with Gasteiger partial charge in [-0.25, -0.2) is 8.42 Å². The van der Waals surface area contributed by atoms with Gasteiger partial charge in [-0.3, -0.25) is 9.59 Å². The normalized spacial score (nSPS) is 17.7. The van der Waals surface area contributed by atoms with Gasteiger partial charge in [-0.05, 0) is 64.4 Å². The Kier molecular flexibility index (Phi) is 8.81. The van der Waals surface area contributed by atoms with Gasteiger partial charge in [-0.1, -0.05) is 18.6 Å². The van der Waals surface area contributed by atoms with E-state index in [0.717, 1.165) is 30.4 Å². The third kappa shape index (κ3) is 6.52. The summed E-state index contributed by atoms with van der Waals surface area (Å²) < 4.78 is 28.2. The van der Waals surface area contributed by atoms with Crippen molar-refractivity contribution in [3.63, 3.8) is 0 Å². The maximum absolute atomic E-state index is 13.3. The summed E-state index contributed by atoms with van der Waals surface area (Å²) in [5, 5.41) is 5.18. The number of hydrogen-bond acceptors (Lipinski definition) is 5. The molecule has 0 bridgehead atoms. The van der Waals surface area contributed by atoms with E-state index in [9.17, 15) is 18.0 Å². The largest absolute Gasteiger partial charge is 0.348 e. The van der Waals surface area contributed by atoms with Crippen LogP contribution in [0.2, 0.25) is 0 Å². The third-order valence-electron chi connectivity index (χ3n) is 5.32. The van der Waals surface area contributed by atoms with Crippen LogP contribution in [0.25, 0.3) is 0 Å². The standard InChI is InChI=1S/C21H34N4O4S/c1-16-8-9-17(2)19(15-16)30(28,29)25-13-6-5-7-18(25)10-11-22-20(26)21(27)23-12-14-24(3)4/h8-9,15,18H,5-7,10-14H2,1-4H3,(H,22,26)(H,23,27)/t18-/m1/s1. The summed E-state index contributed by atoms with van der Waals surface area (Å²) in [4.78, 5) is 26.1. The molecule has 2 rings (SSSR count). The van der Waals surface area contributed by atoms with Gasteiger partial charge in [0.1, 0.15) is 0 Å². The number of benzene rings is 1. The quantitative estimate of drug-likeness (QED) is 0.591. The van der Waals surface area contributed by atoms with Crippen LogP contribution in [0.5, 0.6) is 0 Å². The average Bonchev–Trinajstić information content (AvgIpc) is 2.69. The van der Waals surface area contributed by atoms with E-state index in [1.807, 2.05) is 38.1 Å². The van der Waals surface area contributed by atoms with Gasteiger partial charge in [0.05, 0.1) is 4.90 Å². The fraction of sp³-hybridized carbons (Fsp3) is 0.619. The van der Waals surface area contributed by atoms with Gasteiger partial charge in [0.15, 0.2) is 0 Å². The molecule has 0 aliphatic carbocycles. The Hall–Kier alpha value is -1.97. The van der Waals surface area contributed by atoms with Crippen molar-refractivity contribution in [2.75, 3.05) is 40.3 Å². The summed E-state index contributed by atoms with van der Waals surface area (Å²) in [6.07, 6.45) is 2.99. The summed E-state index contributed by atoms with van der Waals surface area (Å²) in [5.74, 6) is -1.35. The highest BCUT2D eigenvalue weighted by Crippen LogP contribution is 2.29. The molecule has 1 aromatic rings. The van der Waals surface area contributed by atoms with Crippen molar-refractivity contribution < 1.29 is 18.0 Å². The monoisotopic (exact) mass is 438 g/mol. The van der Waals surface area contributed by atoms with Crippen molar-refractivity contribution in [1.82, 2.24) is 19.8 Å². The Morgan fingerprint density at radius 3 is 2.43 bits per heavy atom. The number of nitrogens with zero attached hydrogens (tertiary/aromatic N) is 2. The number of carbonyl (C=O) groups is 2. The van der Waals surface area contributed by atoms with Crippen molar-refractivity contribution in [1.29, 1.82) is 0 Å². The van der Waals surface area contributed by atoms with Crippen LogP contribution in [0.4, 0.5) is 0 Å². The van der Waals surface area contributed by atoms with Gasteiger partial charge in [0.2, 0.25) is 10.0 Å². The maximum atomic E-state index is 13.3. The van der Waals surface area contributed by atoms with E-state index >= 15 is 0 Å². The Morgan fingerprint density at radius 1 is 1.10 bits per heavy atom. The Bertz CT molecular complexity index is 855. The molecule has 9 heteroatoms. The minimum absolute atomic E-state index is 0.194. The van der Waals surface area contributed by atoms with Crippen molar-refractivity contribution in [3.05, 3.63) is 29.3 Å². The Labute approximate surface area is 180 Å². The second-order valence-corrected chi connectivity index (χ2v) is 10.00. The molecular formula is C21H34N4O4S. The molecule has 1 aliphatic heterocycles. The van der Waals surface area contributed by atoms with E-state index in [0.29, 0.717) is 31.0 Å². The van der Waals surface area contributed by atoms with Gasteiger partial charge in [0, 0.05) is 32.2 Å². The first kappa shape index (κ1) is 24.3. The molecule has 0 saturated carbocycles. The molecule has 0 spiro atoms. The highest BCUT2D eigenvalue weighted by Gasteiger charge is 2.34. The molecule has 1 fully saturated rings. The van der Waals surface area contributed by atoms with E-state index in [4.69, 9.17) is 0 Å². The molecule has 30 heavy (non-hydrogen) atoms. The first-order chi connectivity index (χ1) is 14.1. The summed E-state index contributed by atoms with van der Waals surface area (Å²) in [5.41, 5.74) is 1.63. The van der Waals surface area contributed by atoms with Crippen LogP contribution in [0.15, 0.2) is 23.1 Å². The Balaban J connectivity index is 1.97. The van der Waals surface area contributed by atoms with Gasteiger partial charge in [-0.2, -0.15) is 4.31 Å². The van der Waals surface area contributed by atoms with Crippen LogP contribution in [0.3, 0.4) is 0 Å². The highest BCUT2D eigenvalue weighted by molar-refractivity contribution is 7.89. The van der Waals surface area contributed by atoms with E-state index in [-0.39, 0.29) is 12.6 Å². The lowest BCUT2D eigenvalue weighted by molar-refractivity contribution is -0.139. The third-order valence-corrected chi connectivity index (χ3v) is 7.41. The first-order valence-corrected chi connectivity index (χ1v) is 11.9. The van der Waals surface area contributed by atoms with Crippen molar-refractivity contribution in [2.45, 2.75) is 50.5 Å². The number of hydrogen-bond donors (Lipinski definition) is 2. The number of amides is 2. The molecule has 1 aromatic carbocycles. The van der Waals surface area contributed by atoms with Crippen LogP contribution in [0.1, 0.15) is 36.8 Å². The van der Waals surface area contributed by atoms with Crippen LogP contribution >= 0.6 is 0 Å². The zero-order valence-electron chi connectivity index (χ0n) is 18.4. The number of likely N-dealkylation sites (N-methyl/N-ethyl adjacent to an activating group) is 1. The van der Waals surface area contributed by atoms with Gasteiger partial charge in [0.25, 0.3) is 0 Å². The summed E-state index contributed by atoms with van der Waals surface area (Å²) in [7, 11) is 0.152. The SMILES string of the molecule is Cc1ccc(C)c(S(=O)(=O)N2CCCC[C@@H]2CCNC(=O)C(=O)NCCN(C)C)c1. The van der Waals surface area contributed by atoms with Crippen LogP contribution in [0, 0.1) is 13.8 Å². The number of sulfonamides is 1. The van der Waals surface area contributed by atoms with E-state index in [1.165, 1.54) is 0 Å². The topological polar surface area (TPSA) is 98.8 Å². The maximum Gasteiger partial charge on any atom is 0.309 e. The smallest absolute Gasteiger partial charge is 0.309 e. The average molecular weight is 439 g/mol. The molecule has 0 unspecified atom stereocenters. The second kappa shape index (κ2) is 10.9. The van der Waals surface area contributed by atoms with Crippen LogP contribution in [-0.2, 0) is 19.6 Å². The molecule has 1 heterocycles. The number of carbonyl (C=O) groups excluding carboxylic acids is 2. The number of aryl methyl sites for hydroxylation is 2. The lowest BCUT2D eigenvalue weighted by Crippen LogP contribution is -2.46. The molecule has 0 aromatic heterocycles. The van der Waals surface area contributed by atoms with E-state index in [2.05, 4.69) is 10.6 Å². The molecule has 8 nitrogen and oxygen atoms in total. The molecule has 1 saturated heterocycles. The van der Waals surface area contributed by atoms with Crippen LogP contribution in [-0.4, -0.2) is 75.8 Å². The molecule has 2 N–H and O–H groups in total. The molecular weight excluding hydrogens is 404 g/mol. The van der Waals surface area contributed by atoms with Crippen molar-refractivity contribution in [3.8, 4) is 0 Å². The zero-order chi connectivity index (χ0) is 22.3. The van der Waals surface area contributed by atoms with Gasteiger partial charge < -0.3 is 15.5 Å². The molecule has 1 atom stereocenters. The first-order valence-electron chi connectivity index (χ1n) is 10.4. The molecule has 2 amide bonds. The minimum atomic E-state index is -3.61. The van der Waals surface area contributed by atoms with Gasteiger partial charge >= 0.3 is 11.8 Å². The molecule has 168 valence electrons. The summed E-state index contributed by atoms with van der Waals surface area (Å²) >= 11 is 0. The fourth-order valence-corrected chi connectivity index (χ4v) is 5.63. The lowest BCUT2D eigenvalue weighted by atomic mass is 10.0. The molecule has 0 radical (unpaired) electrons. The Morgan fingerprint density at radius 2 is 1.77 bits per heavy atom. The van der Waals surface area contributed by atoms with Crippen molar-refractivity contribution >= 4 is 21.8 Å². The second-order valence-electron chi connectivity index (χ2n) is 8.14. The minimum Gasteiger partial charge on any atom is -0.348 e. The highest BCUT2D eigenvalue weighted by atomic mass is 32.2. The zero-order valence-corrected chi connectivity index (χ0v) is 19.2. The summed E-state index contributed by atoms with van der Waals surface area (Å²) in [6, 6.07) is 5.26. The van der Waals surface area contributed by atoms with Crippen LogP contribution < -0.4 is 10.6 Å². The fourth-order valence-electron chi connectivity index (χ4n) is 3.60. The predicted octanol–water partition coefficient (Wildman–Crippen LogP) is 1.03. The number of rotatable bonds is 8. The van der Waals surface area contributed by atoms with E-state index < -0.39 is 21.8 Å². The lowest BCUT2D eigenvalue weighted by Gasteiger charge is -2.35. The predicted molar refractivity (Wildman–Crippen MR) is 117 cm³/mol. The number of nitrogens with one attached hydrogen (secondary N) is 2. The number of piperidine rings is 1. The summed E-state index contributed by atoms with van der Waals surface area (Å²) in [6.45, 7) is 5.45. The van der Waals surface area contributed by atoms with E-state index in [1.54, 1.807) is 17.3 Å². The molecule has 1 aliphatic rings. The van der Waals surface area contributed by atoms with Gasteiger partial charge in [-0.15, -0.1) is 0 Å².